The van der Waals surface area contributed by atoms with Gasteiger partial charge in [-0.05, 0) is 25.7 Å². The zero-order chi connectivity index (χ0) is 9.68. The predicted octanol–water partition coefficient (Wildman–Crippen LogP) is -0.471. The van der Waals surface area contributed by atoms with E-state index in [2.05, 4.69) is 0 Å². The number of aliphatic carboxylic acids is 1. The monoisotopic (exact) mass is 184 g/mol. The van der Waals surface area contributed by atoms with Gasteiger partial charge in [-0.15, -0.1) is 0 Å². The summed E-state index contributed by atoms with van der Waals surface area (Å²) in [6.45, 7) is 1.57. The van der Waals surface area contributed by atoms with Gasteiger partial charge in [0.2, 0.25) is 5.91 Å². The molecule has 4 heteroatoms. The van der Waals surface area contributed by atoms with Gasteiger partial charge in [0.15, 0.2) is 0 Å². The van der Waals surface area contributed by atoms with Crippen molar-refractivity contribution >= 4 is 11.9 Å². The number of amides is 1. The molecule has 1 amide bonds. The molecule has 0 aromatic heterocycles. The minimum Gasteiger partial charge on any atom is -0.550 e. The maximum Gasteiger partial charge on any atom is 0.222 e. The van der Waals surface area contributed by atoms with Gasteiger partial charge in [0, 0.05) is 25.5 Å². The van der Waals surface area contributed by atoms with Crippen molar-refractivity contribution < 1.29 is 14.7 Å². The van der Waals surface area contributed by atoms with Gasteiger partial charge in [-0.3, -0.25) is 4.79 Å². The summed E-state index contributed by atoms with van der Waals surface area (Å²) in [7, 11) is 0. The number of carboxylic acids is 1. The van der Waals surface area contributed by atoms with Gasteiger partial charge >= 0.3 is 0 Å². The summed E-state index contributed by atoms with van der Waals surface area (Å²) >= 11 is 0. The Morgan fingerprint density at radius 1 is 1.08 bits per heavy atom. The second kappa shape index (κ2) is 4.84. The molecule has 13 heavy (non-hydrogen) atoms. The average Bonchev–Trinajstić information content (AvgIpc) is 2.15. The number of carbonyl (C=O) groups is 2. The fourth-order valence-electron chi connectivity index (χ4n) is 1.51. The standard InChI is InChI=1S/C9H15NO3/c11-8(4-5-9(12)13)10-6-2-1-3-7-10/h1-7H2,(H,12,13)/p-1. The highest BCUT2D eigenvalue weighted by Gasteiger charge is 2.15. The van der Waals surface area contributed by atoms with E-state index in [9.17, 15) is 14.7 Å². The SMILES string of the molecule is O=C([O-])CCC(=O)N1CCCCC1. The summed E-state index contributed by atoms with van der Waals surface area (Å²) in [4.78, 5) is 23.2. The highest BCUT2D eigenvalue weighted by molar-refractivity contribution is 5.80. The normalized spacial score (nSPS) is 17.1. The first-order valence-corrected chi connectivity index (χ1v) is 4.68. The third kappa shape index (κ3) is 3.44. The number of carboxylic acid groups (broad SMARTS) is 1. The fraction of sp³-hybridized carbons (Fsp3) is 0.778. The number of nitrogens with zero attached hydrogens (tertiary/aromatic N) is 1. The summed E-state index contributed by atoms with van der Waals surface area (Å²) in [5, 5.41) is 10.1. The molecule has 1 saturated heterocycles. The molecule has 0 N–H and O–H groups in total. The first-order chi connectivity index (χ1) is 6.20. The van der Waals surface area contributed by atoms with Crippen molar-refractivity contribution in [2.45, 2.75) is 32.1 Å². The number of hydrogen-bond acceptors (Lipinski definition) is 3. The zero-order valence-electron chi connectivity index (χ0n) is 7.62. The van der Waals surface area contributed by atoms with Crippen molar-refractivity contribution in [2.75, 3.05) is 13.1 Å². The van der Waals surface area contributed by atoms with E-state index in [0.717, 1.165) is 25.9 Å². The van der Waals surface area contributed by atoms with Crippen LogP contribution in [0.3, 0.4) is 0 Å². The van der Waals surface area contributed by atoms with E-state index < -0.39 is 5.97 Å². The van der Waals surface area contributed by atoms with E-state index in [4.69, 9.17) is 0 Å². The highest BCUT2D eigenvalue weighted by atomic mass is 16.4. The maximum atomic E-state index is 11.3. The molecule has 0 radical (unpaired) electrons. The van der Waals surface area contributed by atoms with Gasteiger partial charge in [0.05, 0.1) is 0 Å². The van der Waals surface area contributed by atoms with Crippen molar-refractivity contribution in [1.29, 1.82) is 0 Å². The Morgan fingerprint density at radius 3 is 2.23 bits per heavy atom. The van der Waals surface area contributed by atoms with Crippen molar-refractivity contribution in [3.63, 3.8) is 0 Å². The molecular formula is C9H14NO3-. The lowest BCUT2D eigenvalue weighted by Gasteiger charge is -2.26. The van der Waals surface area contributed by atoms with E-state index in [-0.39, 0.29) is 18.7 Å². The Morgan fingerprint density at radius 2 is 1.69 bits per heavy atom. The van der Waals surface area contributed by atoms with Crippen LogP contribution in [0.15, 0.2) is 0 Å². The van der Waals surface area contributed by atoms with Crippen LogP contribution in [0, 0.1) is 0 Å². The highest BCUT2D eigenvalue weighted by Crippen LogP contribution is 2.10. The first-order valence-electron chi connectivity index (χ1n) is 4.68. The Bertz CT molecular complexity index is 197. The lowest BCUT2D eigenvalue weighted by atomic mass is 10.1. The molecule has 0 aliphatic carbocycles. The number of likely N-dealkylation sites (tertiary alicyclic amines) is 1. The minimum absolute atomic E-state index is 0.0519. The summed E-state index contributed by atoms with van der Waals surface area (Å²) in [6, 6.07) is 0. The molecule has 0 spiro atoms. The summed E-state index contributed by atoms with van der Waals surface area (Å²) < 4.78 is 0. The van der Waals surface area contributed by atoms with Crippen LogP contribution in [-0.2, 0) is 9.59 Å². The van der Waals surface area contributed by atoms with E-state index in [1.807, 2.05) is 0 Å². The van der Waals surface area contributed by atoms with E-state index >= 15 is 0 Å². The number of piperidine rings is 1. The van der Waals surface area contributed by atoms with Gasteiger partial charge in [0.1, 0.15) is 0 Å². The summed E-state index contributed by atoms with van der Waals surface area (Å²) in [6.07, 6.45) is 3.18. The second-order valence-corrected chi connectivity index (χ2v) is 3.31. The van der Waals surface area contributed by atoms with Crippen molar-refractivity contribution in [2.24, 2.45) is 0 Å². The van der Waals surface area contributed by atoms with Gasteiger partial charge in [-0.25, -0.2) is 0 Å². The van der Waals surface area contributed by atoms with Crippen LogP contribution in [0.2, 0.25) is 0 Å². The Labute approximate surface area is 77.5 Å². The summed E-state index contributed by atoms with van der Waals surface area (Å²) in [5.41, 5.74) is 0. The predicted molar refractivity (Wildman–Crippen MR) is 44.7 cm³/mol. The van der Waals surface area contributed by atoms with Crippen molar-refractivity contribution in [3.05, 3.63) is 0 Å². The fourth-order valence-corrected chi connectivity index (χ4v) is 1.51. The second-order valence-electron chi connectivity index (χ2n) is 3.31. The third-order valence-corrected chi connectivity index (χ3v) is 2.25. The first kappa shape index (κ1) is 10.0. The molecule has 1 rings (SSSR count). The lowest BCUT2D eigenvalue weighted by molar-refractivity contribution is -0.305. The van der Waals surface area contributed by atoms with Crippen molar-refractivity contribution in [3.8, 4) is 0 Å². The molecule has 1 aliphatic rings. The van der Waals surface area contributed by atoms with E-state index in [1.165, 1.54) is 6.42 Å². The van der Waals surface area contributed by atoms with Crippen LogP contribution in [0.1, 0.15) is 32.1 Å². The molecule has 0 bridgehead atoms. The minimum atomic E-state index is -1.15. The molecule has 0 saturated carbocycles. The Kier molecular flexibility index (Phi) is 3.73. The number of rotatable bonds is 3. The molecule has 1 fully saturated rings. The molecule has 1 aliphatic heterocycles. The lowest BCUT2D eigenvalue weighted by Crippen LogP contribution is -2.36. The quantitative estimate of drug-likeness (QED) is 0.595. The summed E-state index contributed by atoms with van der Waals surface area (Å²) in [5.74, 6) is -1.20. The molecule has 0 aromatic rings. The molecular weight excluding hydrogens is 170 g/mol. The Balaban J connectivity index is 2.25. The zero-order valence-corrected chi connectivity index (χ0v) is 7.62. The van der Waals surface area contributed by atoms with Crippen LogP contribution < -0.4 is 5.11 Å². The Hall–Kier alpha value is -1.06. The van der Waals surface area contributed by atoms with Crippen LogP contribution in [0.25, 0.3) is 0 Å². The molecule has 4 nitrogen and oxygen atoms in total. The van der Waals surface area contributed by atoms with Crippen LogP contribution >= 0.6 is 0 Å². The van der Waals surface area contributed by atoms with Gasteiger partial charge in [-0.1, -0.05) is 0 Å². The van der Waals surface area contributed by atoms with E-state index in [0.29, 0.717) is 0 Å². The average molecular weight is 184 g/mol. The molecule has 74 valence electrons. The van der Waals surface area contributed by atoms with Crippen LogP contribution in [0.4, 0.5) is 0 Å². The third-order valence-electron chi connectivity index (χ3n) is 2.25. The van der Waals surface area contributed by atoms with Crippen molar-refractivity contribution in [1.82, 2.24) is 4.90 Å². The topological polar surface area (TPSA) is 60.4 Å². The van der Waals surface area contributed by atoms with Gasteiger partial charge in [-0.2, -0.15) is 0 Å². The smallest absolute Gasteiger partial charge is 0.222 e. The van der Waals surface area contributed by atoms with Gasteiger partial charge < -0.3 is 14.8 Å². The largest absolute Gasteiger partial charge is 0.550 e. The molecule has 1 heterocycles. The maximum absolute atomic E-state index is 11.3. The van der Waals surface area contributed by atoms with Crippen LogP contribution in [0.5, 0.6) is 0 Å². The number of carbonyl (C=O) groups excluding carboxylic acids is 2. The van der Waals surface area contributed by atoms with Crippen LogP contribution in [-0.4, -0.2) is 29.9 Å². The molecule has 0 atom stereocenters. The van der Waals surface area contributed by atoms with E-state index in [1.54, 1.807) is 4.90 Å². The number of hydrogen-bond donors (Lipinski definition) is 0. The molecule has 0 unspecified atom stereocenters. The van der Waals surface area contributed by atoms with Gasteiger partial charge in [0.25, 0.3) is 0 Å². The molecule has 0 aromatic carbocycles.